The predicted molar refractivity (Wildman–Crippen MR) is 99.5 cm³/mol. The smallest absolute Gasteiger partial charge is 0.247 e. The van der Waals surface area contributed by atoms with E-state index < -0.39 is 33.6 Å². The summed E-state index contributed by atoms with van der Waals surface area (Å²) in [5, 5.41) is 2.39. The Bertz CT molecular complexity index is 964. The molecule has 2 aromatic rings. The van der Waals surface area contributed by atoms with Crippen LogP contribution in [0.5, 0.6) is 5.75 Å². The fourth-order valence-corrected chi connectivity index (χ4v) is 3.74. The molecule has 0 spiro atoms. The number of carbonyl (C=O) groups excluding carboxylic acids is 1. The highest BCUT2D eigenvalue weighted by Crippen LogP contribution is 2.32. The highest BCUT2D eigenvalue weighted by molar-refractivity contribution is 7.92. The lowest BCUT2D eigenvalue weighted by molar-refractivity contribution is -0.116. The van der Waals surface area contributed by atoms with Gasteiger partial charge in [0, 0.05) is 11.8 Å². The SMILES string of the molecule is COc1ccc(C)cc1N([C@H](C)C(=O)Nc1ccc(F)c(F)c1)S(C)(=O)=O. The van der Waals surface area contributed by atoms with Crippen LogP contribution in [0.25, 0.3) is 0 Å². The molecule has 0 aliphatic rings. The van der Waals surface area contributed by atoms with E-state index in [1.807, 2.05) is 0 Å². The lowest BCUT2D eigenvalue weighted by Gasteiger charge is -2.29. The van der Waals surface area contributed by atoms with Gasteiger partial charge in [-0.15, -0.1) is 0 Å². The van der Waals surface area contributed by atoms with Gasteiger partial charge >= 0.3 is 0 Å². The van der Waals surface area contributed by atoms with E-state index in [1.54, 1.807) is 25.1 Å². The average Bonchev–Trinajstić information content (AvgIpc) is 2.57. The Hall–Kier alpha value is -2.68. The maximum atomic E-state index is 13.3. The lowest BCUT2D eigenvalue weighted by Crippen LogP contribution is -2.45. The first kappa shape index (κ1) is 20.6. The molecule has 27 heavy (non-hydrogen) atoms. The van der Waals surface area contributed by atoms with Crippen LogP contribution in [0, 0.1) is 18.6 Å². The van der Waals surface area contributed by atoms with Crippen molar-refractivity contribution in [3.05, 3.63) is 53.6 Å². The van der Waals surface area contributed by atoms with Crippen LogP contribution in [-0.4, -0.2) is 33.7 Å². The minimum atomic E-state index is -3.86. The second-order valence-corrected chi connectivity index (χ2v) is 7.89. The Morgan fingerprint density at radius 1 is 1.15 bits per heavy atom. The zero-order valence-corrected chi connectivity index (χ0v) is 16.1. The van der Waals surface area contributed by atoms with Crippen LogP contribution in [0.3, 0.4) is 0 Å². The summed E-state index contributed by atoms with van der Waals surface area (Å²) in [7, 11) is -2.47. The average molecular weight is 398 g/mol. The van der Waals surface area contributed by atoms with Crippen LogP contribution in [0.4, 0.5) is 20.2 Å². The minimum absolute atomic E-state index is 0.00964. The Balaban J connectivity index is 2.41. The van der Waals surface area contributed by atoms with Crippen LogP contribution in [0.2, 0.25) is 0 Å². The molecule has 2 aromatic carbocycles. The number of hydrogen-bond donors (Lipinski definition) is 1. The number of amides is 1. The summed E-state index contributed by atoms with van der Waals surface area (Å²) in [6.45, 7) is 3.16. The monoisotopic (exact) mass is 398 g/mol. The quantitative estimate of drug-likeness (QED) is 0.811. The number of carbonyl (C=O) groups is 1. The molecule has 0 unspecified atom stereocenters. The van der Waals surface area contributed by atoms with E-state index in [0.29, 0.717) is 0 Å². The van der Waals surface area contributed by atoms with E-state index in [4.69, 9.17) is 4.74 Å². The summed E-state index contributed by atoms with van der Waals surface area (Å²) in [5.74, 6) is -2.61. The second kappa shape index (κ2) is 7.91. The number of halogens is 2. The van der Waals surface area contributed by atoms with E-state index in [9.17, 15) is 22.0 Å². The maximum Gasteiger partial charge on any atom is 0.247 e. The van der Waals surface area contributed by atoms with E-state index in [2.05, 4.69) is 5.32 Å². The summed E-state index contributed by atoms with van der Waals surface area (Å²) in [6.07, 6.45) is 0.968. The van der Waals surface area contributed by atoms with Gasteiger partial charge in [0.15, 0.2) is 11.6 Å². The Labute approximate surface area is 156 Å². The van der Waals surface area contributed by atoms with Crippen molar-refractivity contribution < 1.29 is 26.7 Å². The molecule has 0 aromatic heterocycles. The van der Waals surface area contributed by atoms with Crippen molar-refractivity contribution >= 4 is 27.3 Å². The lowest BCUT2D eigenvalue weighted by atomic mass is 10.2. The topological polar surface area (TPSA) is 75.7 Å². The third-order valence-corrected chi connectivity index (χ3v) is 5.07. The van der Waals surface area contributed by atoms with Crippen molar-refractivity contribution in [2.45, 2.75) is 19.9 Å². The van der Waals surface area contributed by atoms with Crippen molar-refractivity contribution in [1.29, 1.82) is 0 Å². The van der Waals surface area contributed by atoms with Crippen molar-refractivity contribution in [2.24, 2.45) is 0 Å². The van der Waals surface area contributed by atoms with Gasteiger partial charge in [-0.1, -0.05) is 6.07 Å². The van der Waals surface area contributed by atoms with Crippen LogP contribution >= 0.6 is 0 Å². The first-order valence-electron chi connectivity index (χ1n) is 7.94. The number of methoxy groups -OCH3 is 1. The molecular weight excluding hydrogens is 378 g/mol. The third-order valence-electron chi connectivity index (χ3n) is 3.85. The number of rotatable bonds is 6. The number of sulfonamides is 1. The van der Waals surface area contributed by atoms with Gasteiger partial charge in [0.05, 0.1) is 19.1 Å². The van der Waals surface area contributed by atoms with Gasteiger partial charge in [0.2, 0.25) is 15.9 Å². The molecule has 0 radical (unpaired) electrons. The van der Waals surface area contributed by atoms with Crippen LogP contribution in [0.15, 0.2) is 36.4 Å². The standard InChI is InChI=1S/C18H20F2N2O4S/c1-11-5-8-17(26-3)16(9-11)22(27(4,24)25)12(2)18(23)21-13-6-7-14(19)15(20)10-13/h5-10,12H,1-4H3,(H,21,23)/t12-/m1/s1. The molecule has 1 amide bonds. The number of benzene rings is 2. The third kappa shape index (κ3) is 4.73. The summed E-state index contributed by atoms with van der Waals surface area (Å²) < 4.78 is 57.3. The van der Waals surface area contributed by atoms with Crippen LogP contribution in [-0.2, 0) is 14.8 Å². The molecule has 146 valence electrons. The Morgan fingerprint density at radius 3 is 2.37 bits per heavy atom. The zero-order chi connectivity index (χ0) is 20.4. The first-order valence-corrected chi connectivity index (χ1v) is 9.79. The van der Waals surface area contributed by atoms with Crippen molar-refractivity contribution in [2.75, 3.05) is 23.0 Å². The molecule has 0 aliphatic carbocycles. The summed E-state index contributed by atoms with van der Waals surface area (Å²) >= 11 is 0. The van der Waals surface area contributed by atoms with Crippen molar-refractivity contribution in [3.8, 4) is 5.75 Å². The molecule has 0 bridgehead atoms. The number of nitrogens with one attached hydrogen (secondary N) is 1. The molecular formula is C18H20F2N2O4S. The van der Waals surface area contributed by atoms with Crippen LogP contribution in [0.1, 0.15) is 12.5 Å². The molecule has 0 saturated heterocycles. The van der Waals surface area contributed by atoms with Crippen molar-refractivity contribution in [1.82, 2.24) is 0 Å². The Morgan fingerprint density at radius 2 is 1.81 bits per heavy atom. The van der Waals surface area contributed by atoms with E-state index in [0.717, 1.165) is 28.3 Å². The second-order valence-electron chi connectivity index (χ2n) is 6.03. The molecule has 1 atom stereocenters. The van der Waals surface area contributed by atoms with E-state index in [-0.39, 0.29) is 17.1 Å². The fraction of sp³-hybridized carbons (Fsp3) is 0.278. The van der Waals surface area contributed by atoms with Gasteiger partial charge in [0.1, 0.15) is 11.8 Å². The molecule has 0 aliphatic heterocycles. The highest BCUT2D eigenvalue weighted by Gasteiger charge is 2.31. The molecule has 0 fully saturated rings. The van der Waals surface area contributed by atoms with E-state index in [1.165, 1.54) is 20.1 Å². The molecule has 0 heterocycles. The molecule has 0 saturated carbocycles. The van der Waals surface area contributed by atoms with Gasteiger partial charge < -0.3 is 10.1 Å². The summed E-state index contributed by atoms with van der Waals surface area (Å²) in [4.78, 5) is 12.6. The fourth-order valence-electron chi connectivity index (χ4n) is 2.57. The van der Waals surface area contributed by atoms with Crippen molar-refractivity contribution in [3.63, 3.8) is 0 Å². The van der Waals surface area contributed by atoms with Gasteiger partial charge in [-0.25, -0.2) is 17.2 Å². The molecule has 9 heteroatoms. The minimum Gasteiger partial charge on any atom is -0.495 e. The van der Waals surface area contributed by atoms with E-state index >= 15 is 0 Å². The number of ether oxygens (including phenoxy) is 1. The van der Waals surface area contributed by atoms with Gasteiger partial charge in [0.25, 0.3) is 0 Å². The predicted octanol–water partition coefficient (Wildman–Crippen LogP) is 3.08. The molecule has 2 rings (SSSR count). The number of anilines is 2. The molecule has 1 N–H and O–H groups in total. The van der Waals surface area contributed by atoms with Crippen LogP contribution < -0.4 is 14.4 Å². The van der Waals surface area contributed by atoms with Gasteiger partial charge in [-0.3, -0.25) is 9.10 Å². The Kier molecular flexibility index (Phi) is 6.04. The van der Waals surface area contributed by atoms with Gasteiger partial charge in [-0.2, -0.15) is 0 Å². The number of aryl methyl sites for hydroxylation is 1. The largest absolute Gasteiger partial charge is 0.495 e. The first-order chi connectivity index (χ1) is 12.5. The highest BCUT2D eigenvalue weighted by atomic mass is 32.2. The number of nitrogens with zero attached hydrogens (tertiary/aromatic N) is 1. The summed E-state index contributed by atoms with van der Waals surface area (Å²) in [5.41, 5.74) is 0.982. The zero-order valence-electron chi connectivity index (χ0n) is 15.3. The molecule has 6 nitrogen and oxygen atoms in total. The summed E-state index contributed by atoms with van der Waals surface area (Å²) in [6, 6.07) is 6.62. The maximum absolute atomic E-state index is 13.3. The van der Waals surface area contributed by atoms with Gasteiger partial charge in [-0.05, 0) is 43.7 Å². The normalized spacial score (nSPS) is 12.4. The number of hydrogen-bond acceptors (Lipinski definition) is 4.